The van der Waals surface area contributed by atoms with E-state index in [0.717, 1.165) is 42.0 Å². The van der Waals surface area contributed by atoms with E-state index in [0.29, 0.717) is 29.7 Å². The van der Waals surface area contributed by atoms with Crippen molar-refractivity contribution in [3.63, 3.8) is 0 Å². The lowest BCUT2D eigenvalue weighted by Crippen LogP contribution is -2.64. The van der Waals surface area contributed by atoms with Crippen LogP contribution in [0, 0.1) is 0 Å². The lowest BCUT2D eigenvalue weighted by Gasteiger charge is -2.48. The Kier molecular flexibility index (Phi) is 6.03. The molecule has 0 aliphatic carbocycles. The van der Waals surface area contributed by atoms with Gasteiger partial charge in [0, 0.05) is 68.0 Å². The first-order valence-electron chi connectivity index (χ1n) is 10.5. The number of halogens is 1. The fourth-order valence-electron chi connectivity index (χ4n) is 4.17. The summed E-state index contributed by atoms with van der Waals surface area (Å²) < 4.78 is 0.769. The Morgan fingerprint density at radius 1 is 0.969 bits per heavy atom. The van der Waals surface area contributed by atoms with Crippen molar-refractivity contribution >= 4 is 39.1 Å². The first-order valence-corrected chi connectivity index (χ1v) is 12.2. The number of carbonyl (C=O) groups excluding carboxylic acids is 2. The molecule has 0 radical (unpaired) electrons. The van der Waals surface area contributed by atoms with Gasteiger partial charge < -0.3 is 9.80 Å². The van der Waals surface area contributed by atoms with Crippen molar-refractivity contribution in [2.24, 2.45) is 0 Å². The minimum absolute atomic E-state index is 0.0184. The van der Waals surface area contributed by atoms with E-state index in [1.54, 1.807) is 6.20 Å². The second kappa shape index (κ2) is 9.09. The summed E-state index contributed by atoms with van der Waals surface area (Å²) in [6.45, 7) is 4.49. The van der Waals surface area contributed by atoms with Crippen LogP contribution in [0.1, 0.15) is 20.2 Å². The van der Waals surface area contributed by atoms with Crippen LogP contribution in [0.4, 0.5) is 0 Å². The molecule has 1 aromatic carbocycles. The third-order valence-electron chi connectivity index (χ3n) is 6.00. The Bertz CT molecular complexity index is 1120. The normalized spacial score (nSPS) is 17.3. The summed E-state index contributed by atoms with van der Waals surface area (Å²) in [4.78, 5) is 40.2. The van der Waals surface area contributed by atoms with E-state index in [-0.39, 0.29) is 11.8 Å². The Hall–Kier alpha value is -2.62. The SMILES string of the molecule is O=C(c1cccc(-c2cccc(Br)n2)c1)N1CC(N2CCN(C(=O)c3nccs3)CC2)C1. The van der Waals surface area contributed by atoms with Gasteiger partial charge in [0.05, 0.1) is 5.69 Å². The zero-order valence-electron chi connectivity index (χ0n) is 17.4. The fourth-order valence-corrected chi connectivity index (χ4v) is 5.12. The van der Waals surface area contributed by atoms with Crippen molar-refractivity contribution in [2.75, 3.05) is 39.3 Å². The molecule has 0 atom stereocenters. The van der Waals surface area contributed by atoms with Crippen molar-refractivity contribution in [1.82, 2.24) is 24.7 Å². The van der Waals surface area contributed by atoms with Crippen molar-refractivity contribution in [1.29, 1.82) is 0 Å². The number of rotatable bonds is 4. The number of hydrogen-bond donors (Lipinski definition) is 0. The molecular formula is C23H22BrN5O2S. The average Bonchev–Trinajstić information content (AvgIpc) is 3.33. The molecule has 0 spiro atoms. The Morgan fingerprint density at radius 3 is 2.47 bits per heavy atom. The molecule has 3 aromatic rings. The quantitative estimate of drug-likeness (QED) is 0.503. The molecule has 4 heterocycles. The lowest BCUT2D eigenvalue weighted by atomic mass is 10.0. The summed E-state index contributed by atoms with van der Waals surface area (Å²) >= 11 is 4.78. The third kappa shape index (κ3) is 4.32. The van der Waals surface area contributed by atoms with Gasteiger partial charge in [-0.2, -0.15) is 0 Å². The minimum Gasteiger partial charge on any atom is -0.335 e. The van der Waals surface area contributed by atoms with E-state index < -0.39 is 0 Å². The van der Waals surface area contributed by atoms with Crippen LogP contribution < -0.4 is 0 Å². The van der Waals surface area contributed by atoms with Crippen molar-refractivity contribution in [2.45, 2.75) is 6.04 Å². The molecule has 2 aromatic heterocycles. The number of benzene rings is 1. The number of likely N-dealkylation sites (tertiary alicyclic amines) is 1. The second-order valence-electron chi connectivity index (χ2n) is 7.96. The summed E-state index contributed by atoms with van der Waals surface area (Å²) in [6.07, 6.45) is 1.67. The summed E-state index contributed by atoms with van der Waals surface area (Å²) in [6, 6.07) is 13.8. The molecule has 2 saturated heterocycles. The summed E-state index contributed by atoms with van der Waals surface area (Å²) in [5.74, 6) is 0.0700. The van der Waals surface area contributed by atoms with Gasteiger partial charge in [0.1, 0.15) is 4.60 Å². The van der Waals surface area contributed by atoms with Gasteiger partial charge >= 0.3 is 0 Å². The van der Waals surface area contributed by atoms with Crippen molar-refractivity contribution in [3.8, 4) is 11.3 Å². The predicted octanol–water partition coefficient (Wildman–Crippen LogP) is 3.25. The first-order chi connectivity index (χ1) is 15.6. The van der Waals surface area contributed by atoms with Crippen LogP contribution in [0.3, 0.4) is 0 Å². The largest absolute Gasteiger partial charge is 0.335 e. The molecule has 2 fully saturated rings. The highest BCUT2D eigenvalue weighted by Crippen LogP contribution is 2.24. The number of amides is 2. The molecule has 5 rings (SSSR count). The number of nitrogens with zero attached hydrogens (tertiary/aromatic N) is 5. The fraction of sp³-hybridized carbons (Fsp3) is 0.304. The van der Waals surface area contributed by atoms with Crippen LogP contribution in [0.15, 0.2) is 58.6 Å². The van der Waals surface area contributed by atoms with E-state index in [4.69, 9.17) is 0 Å². The lowest BCUT2D eigenvalue weighted by molar-refractivity contribution is 0.00853. The van der Waals surface area contributed by atoms with Gasteiger partial charge in [-0.1, -0.05) is 18.2 Å². The van der Waals surface area contributed by atoms with Gasteiger partial charge in [0.2, 0.25) is 0 Å². The predicted molar refractivity (Wildman–Crippen MR) is 127 cm³/mol. The van der Waals surface area contributed by atoms with Crippen LogP contribution in [-0.2, 0) is 0 Å². The summed E-state index contributed by atoms with van der Waals surface area (Å²) in [5.41, 5.74) is 2.44. The van der Waals surface area contributed by atoms with Crippen LogP contribution >= 0.6 is 27.3 Å². The molecule has 7 nitrogen and oxygen atoms in total. The number of pyridine rings is 1. The molecule has 0 bridgehead atoms. The molecule has 0 N–H and O–H groups in total. The molecule has 0 saturated carbocycles. The van der Waals surface area contributed by atoms with Crippen molar-refractivity contribution in [3.05, 3.63) is 69.2 Å². The second-order valence-corrected chi connectivity index (χ2v) is 9.66. The Labute approximate surface area is 198 Å². The Morgan fingerprint density at radius 2 is 1.75 bits per heavy atom. The number of carbonyl (C=O) groups is 2. The highest BCUT2D eigenvalue weighted by molar-refractivity contribution is 9.10. The van der Waals surface area contributed by atoms with Gasteiger partial charge in [0.25, 0.3) is 11.8 Å². The van der Waals surface area contributed by atoms with Gasteiger partial charge in [-0.3, -0.25) is 14.5 Å². The minimum atomic E-state index is 0.0184. The Balaban J connectivity index is 1.16. The maximum absolute atomic E-state index is 13.0. The monoisotopic (exact) mass is 511 g/mol. The smallest absolute Gasteiger partial charge is 0.282 e. The summed E-state index contributed by atoms with van der Waals surface area (Å²) in [7, 11) is 0. The van der Waals surface area contributed by atoms with E-state index >= 15 is 0 Å². The molecule has 2 amide bonds. The van der Waals surface area contributed by atoms with Crippen LogP contribution in [-0.4, -0.2) is 81.8 Å². The molecule has 2 aliphatic heterocycles. The van der Waals surface area contributed by atoms with Crippen molar-refractivity contribution < 1.29 is 9.59 Å². The molecule has 32 heavy (non-hydrogen) atoms. The zero-order valence-corrected chi connectivity index (χ0v) is 19.8. The molecule has 0 unspecified atom stereocenters. The topological polar surface area (TPSA) is 69.6 Å². The first kappa shape index (κ1) is 21.2. The maximum Gasteiger partial charge on any atom is 0.282 e. The van der Waals surface area contributed by atoms with E-state index in [1.165, 1.54) is 11.3 Å². The zero-order chi connectivity index (χ0) is 22.1. The highest BCUT2D eigenvalue weighted by atomic mass is 79.9. The van der Waals surface area contributed by atoms with Gasteiger partial charge in [-0.15, -0.1) is 11.3 Å². The molecular weight excluding hydrogens is 490 g/mol. The highest BCUT2D eigenvalue weighted by Gasteiger charge is 2.37. The van der Waals surface area contributed by atoms with E-state index in [2.05, 4.69) is 30.8 Å². The molecule has 2 aliphatic rings. The van der Waals surface area contributed by atoms with Crippen LogP contribution in [0.25, 0.3) is 11.3 Å². The number of thiazole rings is 1. The standard InChI is InChI=1S/C23H22BrN5O2S/c24-20-6-2-5-19(26-20)16-3-1-4-17(13-16)22(30)29-14-18(15-29)27-8-10-28(11-9-27)23(31)21-25-7-12-32-21/h1-7,12-13,18H,8-11,14-15H2. The van der Waals surface area contributed by atoms with E-state index in [1.807, 2.05) is 57.6 Å². The number of hydrogen-bond acceptors (Lipinski definition) is 6. The van der Waals surface area contributed by atoms with Gasteiger partial charge in [-0.05, 0) is 40.2 Å². The molecule has 9 heteroatoms. The third-order valence-corrected chi connectivity index (χ3v) is 7.21. The van der Waals surface area contributed by atoms with Gasteiger partial charge in [-0.25, -0.2) is 9.97 Å². The van der Waals surface area contributed by atoms with Gasteiger partial charge in [0.15, 0.2) is 5.01 Å². The van der Waals surface area contributed by atoms with Crippen LogP contribution in [0.5, 0.6) is 0 Å². The number of aromatic nitrogens is 2. The molecule has 164 valence electrons. The average molecular weight is 512 g/mol. The maximum atomic E-state index is 13.0. The van der Waals surface area contributed by atoms with Crippen LogP contribution in [0.2, 0.25) is 0 Å². The number of piperazine rings is 1. The summed E-state index contributed by atoms with van der Waals surface area (Å²) in [5, 5.41) is 2.38. The van der Waals surface area contributed by atoms with E-state index in [9.17, 15) is 9.59 Å².